The summed E-state index contributed by atoms with van der Waals surface area (Å²) >= 11 is 0. The van der Waals surface area contributed by atoms with Gasteiger partial charge in [-0.1, -0.05) is 25.3 Å². The number of hydrogen-bond donors (Lipinski definition) is 1. The molecule has 0 saturated heterocycles. The van der Waals surface area contributed by atoms with E-state index in [-0.39, 0.29) is 12.0 Å². The van der Waals surface area contributed by atoms with Crippen LogP contribution in [0.5, 0.6) is 0 Å². The van der Waals surface area contributed by atoms with Crippen molar-refractivity contribution in [2.24, 2.45) is 5.92 Å². The minimum absolute atomic E-state index is 0.0150. The van der Waals surface area contributed by atoms with Crippen molar-refractivity contribution in [3.05, 3.63) is 12.7 Å². The second-order valence-electron chi connectivity index (χ2n) is 3.76. The van der Waals surface area contributed by atoms with E-state index in [1.807, 2.05) is 0 Å². The van der Waals surface area contributed by atoms with Gasteiger partial charge in [0.1, 0.15) is 6.10 Å². The van der Waals surface area contributed by atoms with E-state index >= 15 is 0 Å². The van der Waals surface area contributed by atoms with Gasteiger partial charge >= 0.3 is 0 Å². The molecule has 0 aromatic heterocycles. The first-order chi connectivity index (χ1) is 6.77. The largest absolute Gasteiger partial charge is 0.364 e. The zero-order chi connectivity index (χ0) is 10.4. The standard InChI is InChI=1S/C11H19NO2/c1-3-7-14-10(11(13)12-2)8-9-5-4-6-9/h3,9-10H,1,4-8H2,2H3,(H,12,13). The fourth-order valence-corrected chi connectivity index (χ4v) is 1.63. The van der Waals surface area contributed by atoms with Crippen LogP contribution in [0.4, 0.5) is 0 Å². The molecule has 1 rings (SSSR count). The molecule has 1 fully saturated rings. The molecule has 0 aliphatic heterocycles. The molecule has 1 atom stereocenters. The Morgan fingerprint density at radius 3 is 2.86 bits per heavy atom. The summed E-state index contributed by atoms with van der Waals surface area (Å²) in [5.41, 5.74) is 0. The lowest BCUT2D eigenvalue weighted by molar-refractivity contribution is -0.133. The van der Waals surface area contributed by atoms with Crippen LogP contribution in [-0.4, -0.2) is 25.7 Å². The molecular weight excluding hydrogens is 178 g/mol. The predicted octanol–water partition coefficient (Wildman–Crippen LogP) is 1.49. The van der Waals surface area contributed by atoms with Crippen LogP contribution in [0.25, 0.3) is 0 Å². The summed E-state index contributed by atoms with van der Waals surface area (Å²) < 4.78 is 5.42. The molecule has 1 amide bonds. The van der Waals surface area contributed by atoms with Crippen molar-refractivity contribution in [2.45, 2.75) is 31.8 Å². The van der Waals surface area contributed by atoms with Crippen molar-refractivity contribution in [1.29, 1.82) is 0 Å². The number of carbonyl (C=O) groups is 1. The number of likely N-dealkylation sites (N-methyl/N-ethyl adjacent to an activating group) is 1. The lowest BCUT2D eigenvalue weighted by Gasteiger charge is -2.28. The van der Waals surface area contributed by atoms with Crippen LogP contribution in [0.15, 0.2) is 12.7 Å². The second kappa shape index (κ2) is 5.81. The molecule has 0 bridgehead atoms. The first-order valence-electron chi connectivity index (χ1n) is 5.22. The monoisotopic (exact) mass is 197 g/mol. The van der Waals surface area contributed by atoms with Crippen LogP contribution in [0, 0.1) is 5.92 Å². The van der Waals surface area contributed by atoms with Gasteiger partial charge in [0.15, 0.2) is 0 Å². The molecule has 1 unspecified atom stereocenters. The number of nitrogens with one attached hydrogen (secondary N) is 1. The minimum Gasteiger partial charge on any atom is -0.364 e. The Kier molecular flexibility index (Phi) is 4.66. The summed E-state index contributed by atoms with van der Waals surface area (Å²) in [5.74, 6) is 0.667. The van der Waals surface area contributed by atoms with E-state index in [0.29, 0.717) is 12.5 Å². The number of amides is 1. The van der Waals surface area contributed by atoms with Gasteiger partial charge in [0.2, 0.25) is 5.91 Å². The van der Waals surface area contributed by atoms with Crippen molar-refractivity contribution < 1.29 is 9.53 Å². The Labute approximate surface area is 85.5 Å². The third-order valence-corrected chi connectivity index (χ3v) is 2.73. The highest BCUT2D eigenvalue weighted by molar-refractivity contribution is 5.80. The van der Waals surface area contributed by atoms with Crippen molar-refractivity contribution in [3.8, 4) is 0 Å². The summed E-state index contributed by atoms with van der Waals surface area (Å²) in [7, 11) is 1.65. The maximum atomic E-state index is 11.4. The highest BCUT2D eigenvalue weighted by Gasteiger charge is 2.26. The van der Waals surface area contributed by atoms with Gasteiger partial charge in [0.05, 0.1) is 6.61 Å². The maximum Gasteiger partial charge on any atom is 0.248 e. The number of rotatable bonds is 6. The molecule has 0 heterocycles. The molecule has 1 aliphatic carbocycles. The van der Waals surface area contributed by atoms with Crippen molar-refractivity contribution in [3.63, 3.8) is 0 Å². The molecule has 3 nitrogen and oxygen atoms in total. The molecule has 0 aromatic carbocycles. The molecule has 80 valence electrons. The topological polar surface area (TPSA) is 38.3 Å². The average Bonchev–Trinajstić information content (AvgIpc) is 2.14. The fourth-order valence-electron chi connectivity index (χ4n) is 1.63. The number of carbonyl (C=O) groups excluding carboxylic acids is 1. The smallest absolute Gasteiger partial charge is 0.248 e. The molecule has 3 heteroatoms. The van der Waals surface area contributed by atoms with E-state index in [2.05, 4.69) is 11.9 Å². The van der Waals surface area contributed by atoms with Gasteiger partial charge in [-0.05, 0) is 12.3 Å². The zero-order valence-corrected chi connectivity index (χ0v) is 8.79. The lowest BCUT2D eigenvalue weighted by Crippen LogP contribution is -2.36. The predicted molar refractivity (Wildman–Crippen MR) is 56.0 cm³/mol. The molecule has 1 N–H and O–H groups in total. The third kappa shape index (κ3) is 3.14. The SMILES string of the molecule is C=CCOC(CC1CCC1)C(=O)NC. The molecular formula is C11H19NO2. The van der Waals surface area contributed by atoms with Crippen LogP contribution in [0.2, 0.25) is 0 Å². The maximum absolute atomic E-state index is 11.4. The minimum atomic E-state index is -0.289. The van der Waals surface area contributed by atoms with E-state index in [9.17, 15) is 4.79 Å². The summed E-state index contributed by atoms with van der Waals surface area (Å²) in [6, 6.07) is 0. The van der Waals surface area contributed by atoms with Gasteiger partial charge in [-0.2, -0.15) is 0 Å². The van der Waals surface area contributed by atoms with Gasteiger partial charge in [0.25, 0.3) is 0 Å². The Bertz CT molecular complexity index is 199. The summed E-state index contributed by atoms with van der Waals surface area (Å²) in [5, 5.41) is 2.63. The number of hydrogen-bond acceptors (Lipinski definition) is 2. The molecule has 1 saturated carbocycles. The quantitative estimate of drug-likeness (QED) is 0.655. The summed E-state index contributed by atoms with van der Waals surface area (Å²) in [6.45, 7) is 4.02. The number of ether oxygens (including phenoxy) is 1. The van der Waals surface area contributed by atoms with Crippen molar-refractivity contribution in [2.75, 3.05) is 13.7 Å². The van der Waals surface area contributed by atoms with Crippen molar-refractivity contribution >= 4 is 5.91 Å². The Hall–Kier alpha value is -0.830. The Balaban J connectivity index is 2.33. The van der Waals surface area contributed by atoms with Gasteiger partial charge in [-0.3, -0.25) is 4.79 Å². The van der Waals surface area contributed by atoms with E-state index in [1.165, 1.54) is 19.3 Å². The highest BCUT2D eigenvalue weighted by Crippen LogP contribution is 2.31. The highest BCUT2D eigenvalue weighted by atomic mass is 16.5. The Morgan fingerprint density at radius 2 is 2.43 bits per heavy atom. The van der Waals surface area contributed by atoms with Crippen LogP contribution in [-0.2, 0) is 9.53 Å². The van der Waals surface area contributed by atoms with Gasteiger partial charge in [0, 0.05) is 7.05 Å². The molecule has 14 heavy (non-hydrogen) atoms. The van der Waals surface area contributed by atoms with E-state index < -0.39 is 0 Å². The molecule has 0 aromatic rings. The van der Waals surface area contributed by atoms with Gasteiger partial charge in [-0.15, -0.1) is 6.58 Å². The van der Waals surface area contributed by atoms with E-state index in [1.54, 1.807) is 13.1 Å². The fraction of sp³-hybridized carbons (Fsp3) is 0.727. The Morgan fingerprint density at radius 1 is 1.71 bits per heavy atom. The second-order valence-corrected chi connectivity index (χ2v) is 3.76. The van der Waals surface area contributed by atoms with E-state index in [0.717, 1.165) is 6.42 Å². The summed E-state index contributed by atoms with van der Waals surface area (Å²) in [6.07, 6.45) is 6.02. The van der Waals surface area contributed by atoms with Crippen LogP contribution >= 0.6 is 0 Å². The molecule has 0 radical (unpaired) electrons. The first-order valence-corrected chi connectivity index (χ1v) is 5.22. The van der Waals surface area contributed by atoms with Gasteiger partial charge in [-0.25, -0.2) is 0 Å². The average molecular weight is 197 g/mol. The van der Waals surface area contributed by atoms with Crippen LogP contribution in [0.3, 0.4) is 0 Å². The normalized spacial score (nSPS) is 18.4. The molecule has 1 aliphatic rings. The van der Waals surface area contributed by atoms with Crippen molar-refractivity contribution in [1.82, 2.24) is 5.32 Å². The lowest BCUT2D eigenvalue weighted by atomic mass is 9.81. The van der Waals surface area contributed by atoms with Crippen LogP contribution < -0.4 is 5.32 Å². The molecule has 0 spiro atoms. The zero-order valence-electron chi connectivity index (χ0n) is 8.79. The van der Waals surface area contributed by atoms with Gasteiger partial charge < -0.3 is 10.1 Å². The first kappa shape index (κ1) is 11.2. The third-order valence-electron chi connectivity index (χ3n) is 2.73. The van der Waals surface area contributed by atoms with Crippen LogP contribution in [0.1, 0.15) is 25.7 Å². The summed E-state index contributed by atoms with van der Waals surface area (Å²) in [4.78, 5) is 11.4. The van der Waals surface area contributed by atoms with E-state index in [4.69, 9.17) is 4.74 Å².